The smallest absolute Gasteiger partial charge is 0.250 e. The van der Waals surface area contributed by atoms with Crippen molar-refractivity contribution in [2.75, 3.05) is 13.1 Å². The fourth-order valence-corrected chi connectivity index (χ4v) is 7.01. The lowest BCUT2D eigenvalue weighted by Crippen LogP contribution is -2.48. The van der Waals surface area contributed by atoms with E-state index >= 15 is 0 Å². The average Bonchev–Trinajstić information content (AvgIpc) is 3.31. The number of piperidine rings is 1. The second-order valence-electron chi connectivity index (χ2n) is 7.43. The van der Waals surface area contributed by atoms with Crippen LogP contribution in [0.25, 0.3) is 0 Å². The highest BCUT2D eigenvalue weighted by molar-refractivity contribution is 7.91. The Hall–Kier alpha value is -0.920. The summed E-state index contributed by atoms with van der Waals surface area (Å²) >= 11 is 1.23. The lowest BCUT2D eigenvalue weighted by atomic mass is 9.87. The number of sulfonamides is 1. The Bertz CT molecular complexity index is 693. The van der Waals surface area contributed by atoms with Crippen molar-refractivity contribution in [2.45, 2.75) is 48.8 Å². The van der Waals surface area contributed by atoms with Gasteiger partial charge in [0.05, 0.1) is 0 Å². The molecule has 1 aromatic heterocycles. The first-order valence-electron chi connectivity index (χ1n) is 8.87. The molecule has 0 aromatic carbocycles. The van der Waals surface area contributed by atoms with Gasteiger partial charge < -0.3 is 4.90 Å². The topological polar surface area (TPSA) is 66.5 Å². The molecule has 2 heterocycles. The van der Waals surface area contributed by atoms with Crippen molar-refractivity contribution in [2.24, 2.45) is 17.8 Å². The summed E-state index contributed by atoms with van der Waals surface area (Å²) in [5, 5.41) is 1.77. The summed E-state index contributed by atoms with van der Waals surface area (Å²) < 4.78 is 27.7. The van der Waals surface area contributed by atoms with E-state index in [9.17, 15) is 13.2 Å². The van der Waals surface area contributed by atoms with Gasteiger partial charge in [0.25, 0.3) is 0 Å². The Morgan fingerprint density at radius 2 is 1.96 bits per heavy atom. The SMILES string of the molecule is O=C(C1CC2CCC1C2)N1CCC(NS(=O)(=O)c2cccs2)CC1. The van der Waals surface area contributed by atoms with Crippen LogP contribution in [0.3, 0.4) is 0 Å². The van der Waals surface area contributed by atoms with Crippen LogP contribution in [-0.2, 0) is 14.8 Å². The van der Waals surface area contributed by atoms with Gasteiger partial charge >= 0.3 is 0 Å². The van der Waals surface area contributed by atoms with E-state index in [4.69, 9.17) is 0 Å². The number of amides is 1. The third-order valence-electron chi connectivity index (χ3n) is 5.94. The number of likely N-dealkylation sites (tertiary alicyclic amines) is 1. The highest BCUT2D eigenvalue weighted by Crippen LogP contribution is 2.49. The molecule has 5 nitrogen and oxygen atoms in total. The molecule has 1 N–H and O–H groups in total. The van der Waals surface area contributed by atoms with Crippen LogP contribution in [0, 0.1) is 17.8 Å². The first kappa shape index (κ1) is 16.5. The van der Waals surface area contributed by atoms with Gasteiger partial charge in [-0.15, -0.1) is 11.3 Å². The largest absolute Gasteiger partial charge is 0.342 e. The van der Waals surface area contributed by atoms with Gasteiger partial charge in [-0.1, -0.05) is 12.5 Å². The normalized spacial score (nSPS) is 30.8. The summed E-state index contributed by atoms with van der Waals surface area (Å²) in [4.78, 5) is 14.7. The van der Waals surface area contributed by atoms with Crippen molar-refractivity contribution in [3.8, 4) is 0 Å². The van der Waals surface area contributed by atoms with Crippen LogP contribution < -0.4 is 4.72 Å². The number of hydrogen-bond donors (Lipinski definition) is 1. The van der Waals surface area contributed by atoms with E-state index < -0.39 is 10.0 Å². The number of hydrogen-bond acceptors (Lipinski definition) is 4. The minimum Gasteiger partial charge on any atom is -0.342 e. The van der Waals surface area contributed by atoms with Gasteiger partial charge in [0, 0.05) is 25.0 Å². The van der Waals surface area contributed by atoms with Crippen LogP contribution in [0.1, 0.15) is 38.5 Å². The van der Waals surface area contributed by atoms with Crippen LogP contribution in [0.5, 0.6) is 0 Å². The predicted octanol–water partition coefficient (Wildman–Crippen LogP) is 2.45. The Balaban J connectivity index is 1.31. The molecule has 1 amide bonds. The summed E-state index contributed by atoms with van der Waals surface area (Å²) in [6.45, 7) is 1.34. The van der Waals surface area contributed by atoms with Gasteiger partial charge in [0.1, 0.15) is 4.21 Å². The molecule has 2 bridgehead atoms. The number of rotatable bonds is 4. The molecular formula is C17H24N2O3S2. The molecule has 132 valence electrons. The van der Waals surface area contributed by atoms with E-state index in [0.717, 1.165) is 12.3 Å². The first-order chi connectivity index (χ1) is 11.5. The van der Waals surface area contributed by atoms with Gasteiger partial charge in [0.2, 0.25) is 15.9 Å². The molecule has 1 aliphatic heterocycles. The molecule has 2 aliphatic carbocycles. The molecule has 3 aliphatic rings. The molecule has 0 radical (unpaired) electrons. The molecular weight excluding hydrogens is 344 g/mol. The van der Waals surface area contributed by atoms with Crippen LogP contribution >= 0.6 is 11.3 Å². The molecule has 4 rings (SSSR count). The van der Waals surface area contributed by atoms with Gasteiger partial charge in [-0.3, -0.25) is 4.79 Å². The first-order valence-corrected chi connectivity index (χ1v) is 11.2. The van der Waals surface area contributed by atoms with Gasteiger partial charge in [-0.25, -0.2) is 13.1 Å². The van der Waals surface area contributed by atoms with Gasteiger partial charge in [0.15, 0.2) is 0 Å². The molecule has 3 atom stereocenters. The molecule has 1 aromatic rings. The van der Waals surface area contributed by atoms with Crippen molar-refractivity contribution in [1.29, 1.82) is 0 Å². The molecule has 0 spiro atoms. The third kappa shape index (κ3) is 3.13. The standard InChI is InChI=1S/C17H24N2O3S2/c20-17(15-11-12-3-4-13(15)10-12)19-7-5-14(6-8-19)18-24(21,22)16-2-1-9-23-16/h1-2,9,12-15,18H,3-8,10-11H2. The molecule has 2 saturated carbocycles. The quantitative estimate of drug-likeness (QED) is 0.888. The predicted molar refractivity (Wildman–Crippen MR) is 93.2 cm³/mol. The number of fused-ring (bicyclic) bond motifs is 2. The summed E-state index contributed by atoms with van der Waals surface area (Å²) in [6.07, 6.45) is 6.26. The highest BCUT2D eigenvalue weighted by atomic mass is 32.2. The maximum absolute atomic E-state index is 12.8. The van der Waals surface area contributed by atoms with Gasteiger partial charge in [-0.2, -0.15) is 0 Å². The summed E-state index contributed by atoms with van der Waals surface area (Å²) in [7, 11) is -3.41. The van der Waals surface area contributed by atoms with E-state index in [2.05, 4.69) is 4.72 Å². The number of carbonyl (C=O) groups is 1. The van der Waals surface area contributed by atoms with E-state index in [-0.39, 0.29) is 12.0 Å². The number of thiophene rings is 1. The second-order valence-corrected chi connectivity index (χ2v) is 10.3. The number of carbonyl (C=O) groups excluding carboxylic acids is 1. The third-order valence-corrected chi connectivity index (χ3v) is 8.86. The zero-order valence-corrected chi connectivity index (χ0v) is 15.3. The Labute approximate surface area is 147 Å². The fourth-order valence-electron chi connectivity index (χ4n) is 4.69. The molecule has 3 unspecified atom stereocenters. The summed E-state index contributed by atoms with van der Waals surface area (Å²) in [5.41, 5.74) is 0. The van der Waals surface area contributed by atoms with E-state index in [1.165, 1.54) is 30.6 Å². The Morgan fingerprint density at radius 3 is 2.54 bits per heavy atom. The Morgan fingerprint density at radius 1 is 1.17 bits per heavy atom. The lowest BCUT2D eigenvalue weighted by molar-refractivity contribution is -0.138. The van der Waals surface area contributed by atoms with Crippen LogP contribution in [0.4, 0.5) is 0 Å². The zero-order valence-electron chi connectivity index (χ0n) is 13.7. The zero-order chi connectivity index (χ0) is 16.7. The van der Waals surface area contributed by atoms with E-state index in [0.29, 0.717) is 42.0 Å². The fraction of sp³-hybridized carbons (Fsp3) is 0.706. The van der Waals surface area contributed by atoms with Crippen LogP contribution in [0.2, 0.25) is 0 Å². The second kappa shape index (κ2) is 6.42. The van der Waals surface area contributed by atoms with Crippen molar-refractivity contribution >= 4 is 27.3 Å². The van der Waals surface area contributed by atoms with Crippen LogP contribution in [-0.4, -0.2) is 38.4 Å². The molecule has 1 saturated heterocycles. The van der Waals surface area contributed by atoms with Crippen LogP contribution in [0.15, 0.2) is 21.7 Å². The summed E-state index contributed by atoms with van der Waals surface area (Å²) in [5.74, 6) is 1.95. The highest BCUT2D eigenvalue weighted by Gasteiger charge is 2.44. The monoisotopic (exact) mass is 368 g/mol. The van der Waals surface area contributed by atoms with Crippen molar-refractivity contribution < 1.29 is 13.2 Å². The minimum absolute atomic E-state index is 0.0684. The average molecular weight is 369 g/mol. The minimum atomic E-state index is -3.41. The molecule has 24 heavy (non-hydrogen) atoms. The lowest BCUT2D eigenvalue weighted by Gasteiger charge is -2.35. The maximum Gasteiger partial charge on any atom is 0.250 e. The molecule has 7 heteroatoms. The van der Waals surface area contributed by atoms with Crippen molar-refractivity contribution in [3.63, 3.8) is 0 Å². The molecule has 3 fully saturated rings. The van der Waals surface area contributed by atoms with Gasteiger partial charge in [-0.05, 0) is 55.4 Å². The maximum atomic E-state index is 12.8. The summed E-state index contributed by atoms with van der Waals surface area (Å²) in [6, 6.07) is 3.30. The Kier molecular flexibility index (Phi) is 4.43. The van der Waals surface area contributed by atoms with Crippen molar-refractivity contribution in [1.82, 2.24) is 9.62 Å². The number of nitrogens with zero attached hydrogens (tertiary/aromatic N) is 1. The number of nitrogens with one attached hydrogen (secondary N) is 1. The van der Waals surface area contributed by atoms with E-state index in [1.54, 1.807) is 17.5 Å². The van der Waals surface area contributed by atoms with E-state index in [1.807, 2.05) is 4.90 Å². The van der Waals surface area contributed by atoms with Crippen molar-refractivity contribution in [3.05, 3.63) is 17.5 Å².